The van der Waals surface area contributed by atoms with Gasteiger partial charge in [-0.15, -0.1) is 0 Å². The lowest BCUT2D eigenvalue weighted by molar-refractivity contribution is 0.489. The molecule has 0 heterocycles. The molecule has 1 unspecified atom stereocenters. The lowest BCUT2D eigenvalue weighted by Crippen LogP contribution is -2.17. The second-order valence-electron chi connectivity index (χ2n) is 4.07. The molecule has 16 heavy (non-hydrogen) atoms. The molecule has 0 aliphatic rings. The van der Waals surface area contributed by atoms with E-state index >= 15 is 0 Å². The van der Waals surface area contributed by atoms with E-state index in [1.807, 2.05) is 11.8 Å². The molecule has 90 valence electrons. The molecule has 2 N–H and O–H groups in total. The van der Waals surface area contributed by atoms with Crippen LogP contribution in [0.4, 0.5) is 0 Å². The van der Waals surface area contributed by atoms with Crippen LogP contribution in [-0.2, 0) is 6.42 Å². The van der Waals surface area contributed by atoms with E-state index in [0.717, 1.165) is 17.4 Å². The maximum Gasteiger partial charge on any atom is 0.0177 e. The SMILES string of the molecule is CSCCCC(CN)Cc1cccc(Br)c1. The summed E-state index contributed by atoms with van der Waals surface area (Å²) in [4.78, 5) is 0. The van der Waals surface area contributed by atoms with Crippen molar-refractivity contribution in [1.29, 1.82) is 0 Å². The first-order chi connectivity index (χ1) is 7.76. The van der Waals surface area contributed by atoms with Gasteiger partial charge < -0.3 is 5.73 Å². The Morgan fingerprint density at radius 2 is 2.25 bits per heavy atom. The van der Waals surface area contributed by atoms with E-state index in [1.165, 1.54) is 24.2 Å². The molecule has 1 rings (SSSR count). The van der Waals surface area contributed by atoms with Crippen LogP contribution in [0.1, 0.15) is 18.4 Å². The average molecular weight is 302 g/mol. The fraction of sp³-hybridized carbons (Fsp3) is 0.538. The standard InChI is InChI=1S/C13H20BrNS/c1-16-7-3-5-12(10-15)8-11-4-2-6-13(14)9-11/h2,4,6,9,12H,3,5,7-8,10,15H2,1H3. The van der Waals surface area contributed by atoms with Crippen molar-refractivity contribution < 1.29 is 0 Å². The van der Waals surface area contributed by atoms with Crippen LogP contribution < -0.4 is 5.73 Å². The number of rotatable bonds is 7. The smallest absolute Gasteiger partial charge is 0.0177 e. The van der Waals surface area contributed by atoms with Crippen molar-refractivity contribution in [3.63, 3.8) is 0 Å². The van der Waals surface area contributed by atoms with E-state index in [2.05, 4.69) is 46.5 Å². The first kappa shape index (κ1) is 14.1. The van der Waals surface area contributed by atoms with Crippen LogP contribution in [0.25, 0.3) is 0 Å². The normalized spacial score (nSPS) is 12.7. The Kier molecular flexibility index (Phi) is 7.17. The molecule has 0 bridgehead atoms. The van der Waals surface area contributed by atoms with Crippen LogP contribution in [0.5, 0.6) is 0 Å². The largest absolute Gasteiger partial charge is 0.330 e. The summed E-state index contributed by atoms with van der Waals surface area (Å²) in [6.45, 7) is 0.793. The molecule has 0 fully saturated rings. The Bertz CT molecular complexity index is 304. The molecule has 0 saturated carbocycles. The lowest BCUT2D eigenvalue weighted by Gasteiger charge is -2.14. The summed E-state index contributed by atoms with van der Waals surface area (Å²) in [5, 5.41) is 0. The van der Waals surface area contributed by atoms with Gasteiger partial charge in [-0.3, -0.25) is 0 Å². The van der Waals surface area contributed by atoms with Crippen molar-refractivity contribution in [2.75, 3.05) is 18.6 Å². The van der Waals surface area contributed by atoms with Gasteiger partial charge >= 0.3 is 0 Å². The van der Waals surface area contributed by atoms with E-state index < -0.39 is 0 Å². The molecule has 1 nitrogen and oxygen atoms in total. The third-order valence-corrected chi connectivity index (χ3v) is 3.90. The summed E-state index contributed by atoms with van der Waals surface area (Å²) in [5.74, 6) is 1.87. The molecule has 0 aliphatic carbocycles. The number of hydrogen-bond donors (Lipinski definition) is 1. The Balaban J connectivity index is 2.43. The van der Waals surface area contributed by atoms with E-state index in [1.54, 1.807) is 0 Å². The maximum absolute atomic E-state index is 5.82. The molecule has 0 saturated heterocycles. The first-order valence-corrected chi connectivity index (χ1v) is 7.88. The minimum absolute atomic E-state index is 0.626. The maximum atomic E-state index is 5.82. The van der Waals surface area contributed by atoms with E-state index in [4.69, 9.17) is 5.73 Å². The number of thioether (sulfide) groups is 1. The van der Waals surface area contributed by atoms with Crippen molar-refractivity contribution in [3.05, 3.63) is 34.3 Å². The van der Waals surface area contributed by atoms with E-state index in [-0.39, 0.29) is 0 Å². The molecular formula is C13H20BrNS. The quantitative estimate of drug-likeness (QED) is 0.777. The number of nitrogens with two attached hydrogens (primary N) is 1. The predicted molar refractivity (Wildman–Crippen MR) is 78.0 cm³/mol. The highest BCUT2D eigenvalue weighted by molar-refractivity contribution is 9.10. The second-order valence-corrected chi connectivity index (χ2v) is 5.97. The number of benzene rings is 1. The molecule has 0 radical (unpaired) electrons. The van der Waals surface area contributed by atoms with Gasteiger partial charge in [0.25, 0.3) is 0 Å². The van der Waals surface area contributed by atoms with Crippen LogP contribution >= 0.6 is 27.7 Å². The lowest BCUT2D eigenvalue weighted by atomic mass is 9.95. The Labute approximate surface area is 111 Å². The highest BCUT2D eigenvalue weighted by atomic mass is 79.9. The van der Waals surface area contributed by atoms with Gasteiger partial charge in [0, 0.05) is 4.47 Å². The number of hydrogen-bond acceptors (Lipinski definition) is 2. The van der Waals surface area contributed by atoms with Crippen molar-refractivity contribution in [2.24, 2.45) is 11.7 Å². The summed E-state index contributed by atoms with van der Waals surface area (Å²) in [5.41, 5.74) is 7.21. The summed E-state index contributed by atoms with van der Waals surface area (Å²) in [7, 11) is 0. The van der Waals surface area contributed by atoms with Crippen molar-refractivity contribution in [1.82, 2.24) is 0 Å². The molecule has 0 aromatic heterocycles. The topological polar surface area (TPSA) is 26.0 Å². The fourth-order valence-electron chi connectivity index (χ4n) is 1.82. The van der Waals surface area contributed by atoms with Crippen LogP contribution in [-0.4, -0.2) is 18.6 Å². The minimum Gasteiger partial charge on any atom is -0.330 e. The van der Waals surface area contributed by atoms with Gasteiger partial charge in [-0.05, 0) is 61.4 Å². The molecule has 1 atom stereocenters. The molecule has 1 aromatic carbocycles. The van der Waals surface area contributed by atoms with Gasteiger partial charge in [0.2, 0.25) is 0 Å². The predicted octanol–water partition coefficient (Wildman–Crippen LogP) is 3.71. The summed E-state index contributed by atoms with van der Waals surface area (Å²) in [6, 6.07) is 8.53. The zero-order valence-electron chi connectivity index (χ0n) is 9.79. The number of halogens is 1. The van der Waals surface area contributed by atoms with Gasteiger partial charge in [-0.2, -0.15) is 11.8 Å². The molecule has 1 aromatic rings. The van der Waals surface area contributed by atoms with Gasteiger partial charge in [0.15, 0.2) is 0 Å². The highest BCUT2D eigenvalue weighted by Crippen LogP contribution is 2.18. The Morgan fingerprint density at radius 3 is 2.88 bits per heavy atom. The molecular weight excluding hydrogens is 282 g/mol. The third-order valence-electron chi connectivity index (χ3n) is 2.71. The minimum atomic E-state index is 0.626. The van der Waals surface area contributed by atoms with Crippen molar-refractivity contribution in [2.45, 2.75) is 19.3 Å². The van der Waals surface area contributed by atoms with Crippen molar-refractivity contribution >= 4 is 27.7 Å². The second kappa shape index (κ2) is 8.15. The van der Waals surface area contributed by atoms with Gasteiger partial charge in [0.1, 0.15) is 0 Å². The van der Waals surface area contributed by atoms with Crippen LogP contribution in [0.2, 0.25) is 0 Å². The first-order valence-electron chi connectivity index (χ1n) is 5.69. The molecule has 3 heteroatoms. The molecule has 0 spiro atoms. The zero-order valence-corrected chi connectivity index (χ0v) is 12.2. The Hall–Kier alpha value is 0.01000. The van der Waals surface area contributed by atoms with Crippen LogP contribution in [0.15, 0.2) is 28.7 Å². The monoisotopic (exact) mass is 301 g/mol. The fourth-order valence-corrected chi connectivity index (χ4v) is 2.72. The zero-order chi connectivity index (χ0) is 11.8. The van der Waals surface area contributed by atoms with E-state index in [9.17, 15) is 0 Å². The summed E-state index contributed by atoms with van der Waals surface area (Å²) < 4.78 is 1.16. The Morgan fingerprint density at radius 1 is 1.44 bits per heavy atom. The van der Waals surface area contributed by atoms with Gasteiger partial charge in [0.05, 0.1) is 0 Å². The summed E-state index contributed by atoms with van der Waals surface area (Å²) in [6.07, 6.45) is 5.77. The van der Waals surface area contributed by atoms with Gasteiger partial charge in [-0.1, -0.05) is 28.1 Å². The third kappa shape index (κ3) is 5.37. The molecule has 0 amide bonds. The average Bonchev–Trinajstić information content (AvgIpc) is 2.28. The van der Waals surface area contributed by atoms with Crippen LogP contribution in [0, 0.1) is 5.92 Å². The van der Waals surface area contributed by atoms with Crippen molar-refractivity contribution in [3.8, 4) is 0 Å². The van der Waals surface area contributed by atoms with E-state index in [0.29, 0.717) is 5.92 Å². The summed E-state index contributed by atoms with van der Waals surface area (Å²) >= 11 is 5.42. The highest BCUT2D eigenvalue weighted by Gasteiger charge is 2.07. The van der Waals surface area contributed by atoms with Crippen LogP contribution in [0.3, 0.4) is 0 Å². The molecule has 0 aliphatic heterocycles. The van der Waals surface area contributed by atoms with Gasteiger partial charge in [-0.25, -0.2) is 0 Å².